The minimum Gasteiger partial charge on any atom is -0.334 e. The van der Waals surface area contributed by atoms with Crippen LogP contribution in [0.1, 0.15) is 41.0 Å². The largest absolute Gasteiger partial charge is 0.334 e. The summed E-state index contributed by atoms with van der Waals surface area (Å²) in [7, 11) is 0. The summed E-state index contributed by atoms with van der Waals surface area (Å²) in [6, 6.07) is 4.26. The minimum atomic E-state index is 0.169. The Morgan fingerprint density at radius 2 is 2.29 bits per heavy atom. The van der Waals surface area contributed by atoms with E-state index in [9.17, 15) is 4.79 Å². The van der Waals surface area contributed by atoms with Gasteiger partial charge in [-0.1, -0.05) is 0 Å². The zero-order chi connectivity index (χ0) is 14.8. The molecule has 21 heavy (non-hydrogen) atoms. The van der Waals surface area contributed by atoms with E-state index in [0.29, 0.717) is 0 Å². The molecule has 0 N–H and O–H groups in total. The summed E-state index contributed by atoms with van der Waals surface area (Å²) in [4.78, 5) is 14.7. The Hall–Kier alpha value is -1.62. The van der Waals surface area contributed by atoms with E-state index in [1.54, 1.807) is 11.3 Å². The third-order valence-electron chi connectivity index (χ3n) is 4.14. The normalized spacial score (nSPS) is 19.0. The number of carbonyl (C=O) groups is 1. The topological polar surface area (TPSA) is 38.1 Å². The van der Waals surface area contributed by atoms with E-state index in [2.05, 4.69) is 18.1 Å². The van der Waals surface area contributed by atoms with Crippen LogP contribution in [-0.2, 0) is 6.54 Å². The van der Waals surface area contributed by atoms with Crippen LogP contribution in [0.3, 0.4) is 0 Å². The van der Waals surface area contributed by atoms with Gasteiger partial charge in [0.2, 0.25) is 0 Å². The minimum absolute atomic E-state index is 0.169. The van der Waals surface area contributed by atoms with Crippen molar-refractivity contribution in [3.63, 3.8) is 0 Å². The molecular weight excluding hydrogens is 282 g/mol. The third kappa shape index (κ3) is 3.02. The summed E-state index contributed by atoms with van der Waals surface area (Å²) in [5.74, 6) is 0.169. The van der Waals surface area contributed by atoms with Gasteiger partial charge in [0.15, 0.2) is 0 Å². The summed E-state index contributed by atoms with van der Waals surface area (Å²) in [6.45, 7) is 5.75. The number of rotatable bonds is 3. The molecular formula is C16H21N3OS. The van der Waals surface area contributed by atoms with Crippen LogP contribution in [0.4, 0.5) is 0 Å². The maximum absolute atomic E-state index is 12.7. The van der Waals surface area contributed by atoms with Gasteiger partial charge in [-0.15, -0.1) is 0 Å². The van der Waals surface area contributed by atoms with Gasteiger partial charge < -0.3 is 4.90 Å². The Morgan fingerprint density at radius 1 is 1.43 bits per heavy atom. The molecule has 1 saturated heterocycles. The Labute approximate surface area is 129 Å². The maximum Gasteiger partial charge on any atom is 0.255 e. The number of aryl methyl sites for hydroxylation is 2. The maximum atomic E-state index is 12.7. The fraction of sp³-hybridized carbons (Fsp3) is 0.500. The summed E-state index contributed by atoms with van der Waals surface area (Å²) >= 11 is 1.58. The number of likely N-dealkylation sites (tertiary alicyclic amines) is 1. The molecule has 2 aromatic heterocycles. The molecule has 5 heteroatoms. The van der Waals surface area contributed by atoms with E-state index in [0.717, 1.165) is 37.2 Å². The van der Waals surface area contributed by atoms with Gasteiger partial charge in [0, 0.05) is 17.6 Å². The highest BCUT2D eigenvalue weighted by molar-refractivity contribution is 7.08. The van der Waals surface area contributed by atoms with Gasteiger partial charge in [0.05, 0.1) is 23.8 Å². The Morgan fingerprint density at radius 3 is 2.95 bits per heavy atom. The predicted octanol–water partition coefficient (Wildman–Crippen LogP) is 3.26. The number of thiophene rings is 1. The Balaban J connectivity index is 1.78. The van der Waals surface area contributed by atoms with E-state index in [4.69, 9.17) is 0 Å². The Bertz CT molecular complexity index is 618. The zero-order valence-electron chi connectivity index (χ0n) is 12.6. The number of aromatic nitrogens is 2. The molecule has 3 heterocycles. The lowest BCUT2D eigenvalue weighted by Crippen LogP contribution is -2.46. The van der Waals surface area contributed by atoms with Crippen molar-refractivity contribution >= 4 is 17.2 Å². The van der Waals surface area contributed by atoms with Crippen molar-refractivity contribution in [3.05, 3.63) is 39.8 Å². The van der Waals surface area contributed by atoms with Gasteiger partial charge >= 0.3 is 0 Å². The van der Waals surface area contributed by atoms with Gasteiger partial charge in [0.1, 0.15) is 0 Å². The number of carbonyl (C=O) groups excluding carboxylic acids is 1. The summed E-state index contributed by atoms with van der Waals surface area (Å²) in [5, 5.41) is 8.45. The quantitative estimate of drug-likeness (QED) is 0.873. The molecule has 0 aromatic carbocycles. The van der Waals surface area contributed by atoms with Crippen LogP contribution >= 0.6 is 11.3 Å². The molecule has 1 aliphatic rings. The first kappa shape index (κ1) is 14.3. The van der Waals surface area contributed by atoms with Crippen LogP contribution in [0.2, 0.25) is 0 Å². The molecule has 112 valence electrons. The number of nitrogens with zero attached hydrogens (tertiary/aromatic N) is 3. The van der Waals surface area contributed by atoms with Crippen molar-refractivity contribution in [3.8, 4) is 0 Å². The van der Waals surface area contributed by atoms with Gasteiger partial charge in [0.25, 0.3) is 5.91 Å². The van der Waals surface area contributed by atoms with Crippen molar-refractivity contribution in [2.75, 3.05) is 6.54 Å². The van der Waals surface area contributed by atoms with Gasteiger partial charge in [-0.2, -0.15) is 16.4 Å². The Kier molecular flexibility index (Phi) is 4.10. The number of piperidine rings is 1. The average molecular weight is 303 g/mol. The van der Waals surface area contributed by atoms with Crippen LogP contribution in [-0.4, -0.2) is 33.2 Å². The molecule has 0 saturated carbocycles. The molecule has 3 rings (SSSR count). The first-order valence-corrected chi connectivity index (χ1v) is 8.43. The first-order chi connectivity index (χ1) is 10.1. The van der Waals surface area contributed by atoms with Gasteiger partial charge in [-0.05, 0) is 50.6 Å². The first-order valence-electron chi connectivity index (χ1n) is 7.49. The summed E-state index contributed by atoms with van der Waals surface area (Å²) in [6.07, 6.45) is 3.36. The van der Waals surface area contributed by atoms with Crippen molar-refractivity contribution in [1.29, 1.82) is 0 Å². The second-order valence-electron chi connectivity index (χ2n) is 5.77. The molecule has 2 aromatic rings. The van der Waals surface area contributed by atoms with Crippen LogP contribution < -0.4 is 0 Å². The monoisotopic (exact) mass is 303 g/mol. The fourth-order valence-corrected chi connectivity index (χ4v) is 3.70. The average Bonchev–Trinajstić information content (AvgIpc) is 3.09. The molecule has 4 nitrogen and oxygen atoms in total. The zero-order valence-corrected chi connectivity index (χ0v) is 13.4. The smallest absolute Gasteiger partial charge is 0.255 e. The lowest BCUT2D eigenvalue weighted by molar-refractivity contribution is 0.0583. The molecule has 1 unspecified atom stereocenters. The molecule has 1 fully saturated rings. The highest BCUT2D eigenvalue weighted by Gasteiger charge is 2.28. The van der Waals surface area contributed by atoms with E-state index in [1.165, 1.54) is 12.1 Å². The van der Waals surface area contributed by atoms with E-state index >= 15 is 0 Å². The van der Waals surface area contributed by atoms with Gasteiger partial charge in [-0.3, -0.25) is 9.48 Å². The van der Waals surface area contributed by atoms with Crippen molar-refractivity contribution in [2.24, 2.45) is 0 Å². The molecule has 0 aliphatic carbocycles. The lowest BCUT2D eigenvalue weighted by Gasteiger charge is -2.35. The summed E-state index contributed by atoms with van der Waals surface area (Å²) in [5.41, 5.74) is 3.03. The standard InChI is InChI=1S/C16H21N3OS/c1-12-9-13(2)19(17-12)10-15-5-3-4-7-18(15)16(20)14-6-8-21-11-14/h6,8-9,11,15H,3-5,7,10H2,1-2H3. The van der Waals surface area contributed by atoms with Crippen LogP contribution in [0.15, 0.2) is 22.9 Å². The highest BCUT2D eigenvalue weighted by atomic mass is 32.1. The fourth-order valence-electron chi connectivity index (χ4n) is 3.07. The summed E-state index contributed by atoms with van der Waals surface area (Å²) < 4.78 is 2.04. The van der Waals surface area contributed by atoms with E-state index in [-0.39, 0.29) is 11.9 Å². The molecule has 0 radical (unpaired) electrons. The van der Waals surface area contributed by atoms with Gasteiger partial charge in [-0.25, -0.2) is 0 Å². The van der Waals surface area contributed by atoms with Crippen molar-refractivity contribution in [1.82, 2.24) is 14.7 Å². The van der Waals surface area contributed by atoms with Crippen LogP contribution in [0, 0.1) is 13.8 Å². The lowest BCUT2D eigenvalue weighted by atomic mass is 10.0. The molecule has 0 spiro atoms. The van der Waals surface area contributed by atoms with E-state index < -0.39 is 0 Å². The number of amides is 1. The number of hydrogen-bond acceptors (Lipinski definition) is 3. The predicted molar refractivity (Wildman–Crippen MR) is 84.7 cm³/mol. The number of hydrogen-bond donors (Lipinski definition) is 0. The third-order valence-corrected chi connectivity index (χ3v) is 4.83. The molecule has 1 atom stereocenters. The second kappa shape index (κ2) is 6.02. The highest BCUT2D eigenvalue weighted by Crippen LogP contribution is 2.22. The van der Waals surface area contributed by atoms with Crippen LogP contribution in [0.5, 0.6) is 0 Å². The second-order valence-corrected chi connectivity index (χ2v) is 6.55. The molecule has 0 bridgehead atoms. The van der Waals surface area contributed by atoms with Crippen molar-refractivity contribution < 1.29 is 4.79 Å². The van der Waals surface area contributed by atoms with Crippen molar-refractivity contribution in [2.45, 2.75) is 45.7 Å². The molecule has 1 amide bonds. The molecule has 1 aliphatic heterocycles. The van der Waals surface area contributed by atoms with Crippen LogP contribution in [0.25, 0.3) is 0 Å². The van der Waals surface area contributed by atoms with E-state index in [1.807, 2.05) is 33.3 Å². The SMILES string of the molecule is Cc1cc(C)n(CC2CCCCN2C(=O)c2ccsc2)n1.